The van der Waals surface area contributed by atoms with E-state index in [0.717, 1.165) is 13.7 Å². The van der Waals surface area contributed by atoms with Gasteiger partial charge in [0.2, 0.25) is 0 Å². The molecule has 0 radical (unpaired) electrons. The number of amides is 1. The highest BCUT2D eigenvalue weighted by Gasteiger charge is 2.25. The van der Waals surface area contributed by atoms with Crippen molar-refractivity contribution in [3.63, 3.8) is 0 Å². The first-order chi connectivity index (χ1) is 6.68. The van der Waals surface area contributed by atoms with Crippen LogP contribution in [-0.2, 0) is 4.74 Å². The summed E-state index contributed by atoms with van der Waals surface area (Å²) < 4.78 is 6.89. The molecule has 1 aromatic carbocycles. The fourth-order valence-electron chi connectivity index (χ4n) is 1.30. The molecule has 0 unspecified atom stereocenters. The maximum Gasteiger partial charge on any atom is 0.414 e. The molecule has 0 spiro atoms. The van der Waals surface area contributed by atoms with Gasteiger partial charge in [-0.25, -0.2) is 4.79 Å². The molecule has 1 amide bonds. The number of ether oxygens (including phenoxy) is 1. The van der Waals surface area contributed by atoms with Crippen molar-refractivity contribution >= 4 is 50.3 Å². The Morgan fingerprint density at radius 3 is 2.93 bits per heavy atom. The Bertz CT molecular complexity index is 383. The molecule has 0 aliphatic carbocycles. The van der Waals surface area contributed by atoms with E-state index in [4.69, 9.17) is 4.74 Å². The Labute approximate surface area is 104 Å². The van der Waals surface area contributed by atoms with Crippen molar-refractivity contribution in [1.82, 2.24) is 0 Å². The zero-order chi connectivity index (χ0) is 10.1. The van der Waals surface area contributed by atoms with Gasteiger partial charge in [-0.3, -0.25) is 4.90 Å². The Kier molecular flexibility index (Phi) is 2.96. The molecule has 1 fully saturated rings. The van der Waals surface area contributed by atoms with Gasteiger partial charge in [0.25, 0.3) is 0 Å². The van der Waals surface area contributed by atoms with Crippen molar-refractivity contribution < 1.29 is 9.53 Å². The first-order valence-electron chi connectivity index (χ1n) is 4.08. The van der Waals surface area contributed by atoms with Crippen LogP contribution in [0.2, 0.25) is 0 Å². The number of anilines is 1. The number of carbonyl (C=O) groups is 1. The van der Waals surface area contributed by atoms with E-state index >= 15 is 0 Å². The van der Waals surface area contributed by atoms with Crippen molar-refractivity contribution in [3.8, 4) is 0 Å². The molecule has 74 valence electrons. The van der Waals surface area contributed by atoms with Crippen molar-refractivity contribution in [2.75, 3.05) is 18.1 Å². The van der Waals surface area contributed by atoms with Crippen LogP contribution < -0.4 is 4.90 Å². The minimum absolute atomic E-state index is 0.271. The summed E-state index contributed by atoms with van der Waals surface area (Å²) in [5, 5.41) is 0. The number of cyclic esters (lactones) is 1. The van der Waals surface area contributed by atoms with E-state index in [0.29, 0.717) is 13.2 Å². The third-order valence-electron chi connectivity index (χ3n) is 1.96. The number of benzene rings is 1. The molecule has 5 heteroatoms. The smallest absolute Gasteiger partial charge is 0.414 e. The highest BCUT2D eigenvalue weighted by atomic mass is 127. The maximum absolute atomic E-state index is 11.3. The number of nitrogens with zero attached hydrogens (tertiary/aromatic N) is 1. The molecule has 0 bridgehead atoms. The van der Waals surface area contributed by atoms with Gasteiger partial charge in [0.05, 0.1) is 12.2 Å². The zero-order valence-electron chi connectivity index (χ0n) is 7.17. The van der Waals surface area contributed by atoms with Crippen molar-refractivity contribution in [3.05, 3.63) is 26.2 Å². The van der Waals surface area contributed by atoms with Gasteiger partial charge < -0.3 is 4.74 Å². The molecule has 0 N–H and O–H groups in total. The second kappa shape index (κ2) is 4.06. The summed E-state index contributed by atoms with van der Waals surface area (Å²) in [5.74, 6) is 0. The largest absolute Gasteiger partial charge is 0.447 e. The van der Waals surface area contributed by atoms with Crippen LogP contribution in [0.3, 0.4) is 0 Å². The maximum atomic E-state index is 11.3. The molecule has 1 aliphatic rings. The number of hydrogen-bond donors (Lipinski definition) is 0. The molecule has 1 aromatic rings. The summed E-state index contributed by atoms with van der Waals surface area (Å²) in [6.07, 6.45) is -0.271. The van der Waals surface area contributed by atoms with Gasteiger partial charge >= 0.3 is 6.09 Å². The summed E-state index contributed by atoms with van der Waals surface area (Å²) in [7, 11) is 0. The quantitative estimate of drug-likeness (QED) is 0.714. The normalized spacial score (nSPS) is 15.9. The Morgan fingerprint density at radius 2 is 2.29 bits per heavy atom. The number of carbonyl (C=O) groups excluding carboxylic acids is 1. The predicted octanol–water partition coefficient (Wildman–Crippen LogP) is 3.01. The first-order valence-corrected chi connectivity index (χ1v) is 5.95. The SMILES string of the molecule is O=C1OCCN1c1cc(I)ccc1Br. The summed E-state index contributed by atoms with van der Waals surface area (Å²) in [6, 6.07) is 5.87. The molecule has 0 atom stereocenters. The zero-order valence-corrected chi connectivity index (χ0v) is 10.9. The Hall–Kier alpha value is -0.300. The predicted molar refractivity (Wildman–Crippen MR) is 65.6 cm³/mol. The molecule has 2 rings (SSSR count). The van der Waals surface area contributed by atoms with Gasteiger partial charge in [-0.05, 0) is 56.7 Å². The topological polar surface area (TPSA) is 29.5 Å². The Morgan fingerprint density at radius 1 is 1.50 bits per heavy atom. The lowest BCUT2D eigenvalue weighted by atomic mass is 10.3. The lowest BCUT2D eigenvalue weighted by molar-refractivity contribution is 0.181. The molecule has 1 heterocycles. The van der Waals surface area contributed by atoms with Crippen LogP contribution >= 0.6 is 38.5 Å². The molecular formula is C9H7BrINO2. The van der Waals surface area contributed by atoms with Gasteiger partial charge in [0.1, 0.15) is 6.61 Å². The lowest BCUT2D eigenvalue weighted by Crippen LogP contribution is -2.23. The third-order valence-corrected chi connectivity index (χ3v) is 3.30. The van der Waals surface area contributed by atoms with E-state index in [1.165, 1.54) is 0 Å². The second-order valence-corrected chi connectivity index (χ2v) is 4.96. The van der Waals surface area contributed by atoms with Crippen LogP contribution in [0.25, 0.3) is 0 Å². The van der Waals surface area contributed by atoms with Gasteiger partial charge in [-0.15, -0.1) is 0 Å². The van der Waals surface area contributed by atoms with E-state index in [2.05, 4.69) is 38.5 Å². The fourth-order valence-corrected chi connectivity index (χ4v) is 2.24. The highest BCUT2D eigenvalue weighted by molar-refractivity contribution is 14.1. The van der Waals surface area contributed by atoms with Crippen molar-refractivity contribution in [1.29, 1.82) is 0 Å². The van der Waals surface area contributed by atoms with Crippen LogP contribution in [0.1, 0.15) is 0 Å². The second-order valence-electron chi connectivity index (χ2n) is 2.86. The van der Waals surface area contributed by atoms with E-state index in [-0.39, 0.29) is 6.09 Å². The van der Waals surface area contributed by atoms with Crippen LogP contribution in [-0.4, -0.2) is 19.2 Å². The fraction of sp³-hybridized carbons (Fsp3) is 0.222. The monoisotopic (exact) mass is 367 g/mol. The van der Waals surface area contributed by atoms with Crippen molar-refractivity contribution in [2.45, 2.75) is 0 Å². The highest BCUT2D eigenvalue weighted by Crippen LogP contribution is 2.29. The molecule has 0 aromatic heterocycles. The lowest BCUT2D eigenvalue weighted by Gasteiger charge is -2.14. The minimum atomic E-state index is -0.271. The van der Waals surface area contributed by atoms with Gasteiger partial charge in [-0.1, -0.05) is 0 Å². The van der Waals surface area contributed by atoms with E-state index in [1.54, 1.807) is 4.90 Å². The number of rotatable bonds is 1. The summed E-state index contributed by atoms with van der Waals surface area (Å²) >= 11 is 5.63. The van der Waals surface area contributed by atoms with E-state index < -0.39 is 0 Å². The Balaban J connectivity index is 2.39. The van der Waals surface area contributed by atoms with Crippen LogP contribution in [0, 0.1) is 3.57 Å². The average Bonchev–Trinajstić information content (AvgIpc) is 2.56. The van der Waals surface area contributed by atoms with Crippen LogP contribution in [0.15, 0.2) is 22.7 Å². The van der Waals surface area contributed by atoms with Gasteiger partial charge in [0.15, 0.2) is 0 Å². The van der Waals surface area contributed by atoms with Gasteiger partial charge in [-0.2, -0.15) is 0 Å². The minimum Gasteiger partial charge on any atom is -0.447 e. The molecule has 3 nitrogen and oxygen atoms in total. The third kappa shape index (κ3) is 1.88. The number of halogens is 2. The molecule has 1 saturated heterocycles. The molecule has 14 heavy (non-hydrogen) atoms. The standard InChI is InChI=1S/C9H7BrINO2/c10-7-2-1-6(11)5-8(7)12-3-4-14-9(12)13/h1-2,5H,3-4H2. The number of hydrogen-bond acceptors (Lipinski definition) is 2. The van der Waals surface area contributed by atoms with E-state index in [1.807, 2.05) is 18.2 Å². The van der Waals surface area contributed by atoms with Crippen LogP contribution in [0.4, 0.5) is 10.5 Å². The summed E-state index contributed by atoms with van der Waals surface area (Å²) in [5.41, 5.74) is 0.874. The first kappa shape index (κ1) is 10.2. The molecule has 1 aliphatic heterocycles. The molecule has 0 saturated carbocycles. The van der Waals surface area contributed by atoms with Crippen LogP contribution in [0.5, 0.6) is 0 Å². The van der Waals surface area contributed by atoms with Crippen molar-refractivity contribution in [2.24, 2.45) is 0 Å². The van der Waals surface area contributed by atoms with Gasteiger partial charge in [0, 0.05) is 8.04 Å². The average molecular weight is 368 g/mol. The molecular weight excluding hydrogens is 361 g/mol. The van der Waals surface area contributed by atoms with E-state index in [9.17, 15) is 4.79 Å². The summed E-state index contributed by atoms with van der Waals surface area (Å²) in [6.45, 7) is 1.09. The summed E-state index contributed by atoms with van der Waals surface area (Å²) in [4.78, 5) is 12.9.